The van der Waals surface area contributed by atoms with Crippen molar-refractivity contribution in [2.24, 2.45) is 0 Å². The molecule has 0 aromatic heterocycles. The normalized spacial score (nSPS) is 12.3. The van der Waals surface area contributed by atoms with Crippen LogP contribution < -0.4 is 4.74 Å². The summed E-state index contributed by atoms with van der Waals surface area (Å²) in [4.78, 5) is 0. The van der Waals surface area contributed by atoms with Gasteiger partial charge in [0.25, 0.3) is 0 Å². The largest absolute Gasteiger partial charge is 0.497 e. The lowest BCUT2D eigenvalue weighted by atomic mass is 10.0. The first-order chi connectivity index (χ1) is 9.02. The van der Waals surface area contributed by atoms with Gasteiger partial charge in [-0.25, -0.2) is 8.78 Å². The highest BCUT2D eigenvalue weighted by Crippen LogP contribution is 2.33. The Morgan fingerprint density at radius 1 is 1.00 bits per heavy atom. The van der Waals surface area contributed by atoms with Gasteiger partial charge in [-0.2, -0.15) is 0 Å². The van der Waals surface area contributed by atoms with E-state index in [4.69, 9.17) is 16.3 Å². The van der Waals surface area contributed by atoms with E-state index in [9.17, 15) is 8.78 Å². The number of halogens is 3. The second-order valence-electron chi connectivity index (χ2n) is 4.27. The molecule has 0 spiro atoms. The van der Waals surface area contributed by atoms with E-state index >= 15 is 0 Å². The average Bonchev–Trinajstić information content (AvgIpc) is 2.40. The van der Waals surface area contributed by atoms with E-state index in [1.54, 1.807) is 18.2 Å². The summed E-state index contributed by atoms with van der Waals surface area (Å²) < 4.78 is 32.6. The van der Waals surface area contributed by atoms with E-state index in [0.29, 0.717) is 5.75 Å². The van der Waals surface area contributed by atoms with Gasteiger partial charge in [-0.05, 0) is 19.1 Å². The summed E-state index contributed by atoms with van der Waals surface area (Å²) in [5.74, 6) is -0.559. The summed E-state index contributed by atoms with van der Waals surface area (Å²) in [6.45, 7) is 1.83. The third-order valence-corrected chi connectivity index (χ3v) is 3.38. The Bertz CT molecular complexity index is 599. The van der Waals surface area contributed by atoms with Crippen molar-refractivity contribution in [2.75, 3.05) is 7.11 Å². The Morgan fingerprint density at radius 2 is 1.74 bits per heavy atom. The molecular formula is C15H13ClF2O. The Hall–Kier alpha value is -1.61. The van der Waals surface area contributed by atoms with Crippen molar-refractivity contribution in [1.29, 1.82) is 0 Å². The molecule has 19 heavy (non-hydrogen) atoms. The number of rotatable bonds is 3. The van der Waals surface area contributed by atoms with Crippen LogP contribution in [0.5, 0.6) is 5.75 Å². The summed E-state index contributed by atoms with van der Waals surface area (Å²) >= 11 is 6.19. The second-order valence-corrected chi connectivity index (χ2v) is 4.71. The third-order valence-electron chi connectivity index (χ3n) is 2.91. The van der Waals surface area contributed by atoms with Crippen LogP contribution in [0.2, 0.25) is 0 Å². The second kappa shape index (κ2) is 5.57. The predicted octanol–water partition coefficient (Wildman–Crippen LogP) is 4.61. The fourth-order valence-electron chi connectivity index (χ4n) is 1.87. The van der Waals surface area contributed by atoms with E-state index in [1.165, 1.54) is 25.3 Å². The number of benzene rings is 2. The highest BCUT2D eigenvalue weighted by molar-refractivity contribution is 6.22. The molecule has 0 amide bonds. The van der Waals surface area contributed by atoms with Crippen molar-refractivity contribution in [1.82, 2.24) is 0 Å². The monoisotopic (exact) mass is 282 g/mol. The minimum Gasteiger partial charge on any atom is -0.497 e. The number of methoxy groups -OCH3 is 1. The van der Waals surface area contributed by atoms with Gasteiger partial charge in [-0.15, -0.1) is 11.6 Å². The van der Waals surface area contributed by atoms with Crippen molar-refractivity contribution in [3.05, 3.63) is 64.7 Å². The zero-order valence-corrected chi connectivity index (χ0v) is 11.3. The lowest BCUT2D eigenvalue weighted by molar-refractivity contribution is 0.410. The molecule has 1 unspecified atom stereocenters. The molecule has 1 nitrogen and oxygen atoms in total. The first kappa shape index (κ1) is 13.8. The van der Waals surface area contributed by atoms with Gasteiger partial charge < -0.3 is 4.74 Å². The van der Waals surface area contributed by atoms with E-state index < -0.39 is 17.0 Å². The molecule has 100 valence electrons. The summed E-state index contributed by atoms with van der Waals surface area (Å²) in [6.07, 6.45) is 0. The third kappa shape index (κ3) is 2.87. The molecule has 0 saturated carbocycles. The van der Waals surface area contributed by atoms with Crippen molar-refractivity contribution in [3.63, 3.8) is 0 Å². The maximum Gasteiger partial charge on any atom is 0.131 e. The molecule has 2 rings (SSSR count). The van der Waals surface area contributed by atoms with Gasteiger partial charge in [0.2, 0.25) is 0 Å². The quantitative estimate of drug-likeness (QED) is 0.747. The molecule has 0 aliphatic rings. The molecule has 0 aliphatic heterocycles. The van der Waals surface area contributed by atoms with Crippen molar-refractivity contribution >= 4 is 11.6 Å². The van der Waals surface area contributed by atoms with Crippen LogP contribution in [-0.2, 0) is 0 Å². The molecule has 0 heterocycles. The SMILES string of the molecule is COc1ccc(C(Cl)c2cc(C)ccc2F)c(F)c1. The van der Waals surface area contributed by atoms with Gasteiger partial charge in [-0.1, -0.05) is 23.8 Å². The van der Waals surface area contributed by atoms with Crippen LogP contribution in [-0.4, -0.2) is 7.11 Å². The van der Waals surface area contributed by atoms with Crippen LogP contribution in [0, 0.1) is 18.6 Å². The highest BCUT2D eigenvalue weighted by Gasteiger charge is 2.19. The maximum atomic E-state index is 13.9. The van der Waals surface area contributed by atoms with Crippen LogP contribution in [0.1, 0.15) is 22.1 Å². The molecule has 4 heteroatoms. The van der Waals surface area contributed by atoms with Gasteiger partial charge in [0, 0.05) is 17.2 Å². The van der Waals surface area contributed by atoms with Crippen LogP contribution in [0.3, 0.4) is 0 Å². The lowest BCUT2D eigenvalue weighted by Crippen LogP contribution is -2.01. The zero-order chi connectivity index (χ0) is 14.0. The summed E-state index contributed by atoms with van der Waals surface area (Å²) in [7, 11) is 1.45. The minimum atomic E-state index is -0.870. The molecule has 0 radical (unpaired) electrons. The van der Waals surface area contributed by atoms with Gasteiger partial charge in [-0.3, -0.25) is 0 Å². The fraction of sp³-hybridized carbons (Fsp3) is 0.200. The van der Waals surface area contributed by atoms with Gasteiger partial charge >= 0.3 is 0 Å². The number of alkyl halides is 1. The van der Waals surface area contributed by atoms with Crippen molar-refractivity contribution in [3.8, 4) is 5.75 Å². The molecule has 0 N–H and O–H groups in total. The van der Waals surface area contributed by atoms with E-state index in [-0.39, 0.29) is 11.1 Å². The smallest absolute Gasteiger partial charge is 0.131 e. The van der Waals surface area contributed by atoms with Crippen molar-refractivity contribution in [2.45, 2.75) is 12.3 Å². The summed E-state index contributed by atoms with van der Waals surface area (Å²) in [5, 5.41) is -0.870. The fourth-order valence-corrected chi connectivity index (χ4v) is 2.21. The van der Waals surface area contributed by atoms with Crippen LogP contribution >= 0.6 is 11.6 Å². The summed E-state index contributed by atoms with van der Waals surface area (Å²) in [6, 6.07) is 8.94. The van der Waals surface area contributed by atoms with Gasteiger partial charge in [0.15, 0.2) is 0 Å². The average molecular weight is 283 g/mol. The first-order valence-electron chi connectivity index (χ1n) is 5.76. The summed E-state index contributed by atoms with van der Waals surface area (Å²) in [5.41, 5.74) is 1.37. The first-order valence-corrected chi connectivity index (χ1v) is 6.20. The highest BCUT2D eigenvalue weighted by atomic mass is 35.5. The van der Waals surface area contributed by atoms with Crippen LogP contribution in [0.15, 0.2) is 36.4 Å². The van der Waals surface area contributed by atoms with Crippen molar-refractivity contribution < 1.29 is 13.5 Å². The molecule has 0 aliphatic carbocycles. The molecule has 1 atom stereocenters. The van der Waals surface area contributed by atoms with E-state index in [0.717, 1.165) is 5.56 Å². The van der Waals surface area contributed by atoms with Gasteiger partial charge in [0.1, 0.15) is 17.4 Å². The number of hydrogen-bond acceptors (Lipinski definition) is 1. The number of aryl methyl sites for hydroxylation is 1. The minimum absolute atomic E-state index is 0.229. The maximum absolute atomic E-state index is 13.9. The predicted molar refractivity (Wildman–Crippen MR) is 71.8 cm³/mol. The van der Waals surface area contributed by atoms with Crippen LogP contribution in [0.25, 0.3) is 0 Å². The zero-order valence-electron chi connectivity index (χ0n) is 10.6. The van der Waals surface area contributed by atoms with Crippen LogP contribution in [0.4, 0.5) is 8.78 Å². The standard InChI is InChI=1S/C15H13ClF2O/c1-9-3-6-13(17)12(7-9)15(16)11-5-4-10(19-2)8-14(11)18/h3-8,15H,1-2H3. The molecule has 0 bridgehead atoms. The number of ether oxygens (including phenoxy) is 1. The van der Waals surface area contributed by atoms with Gasteiger partial charge in [0.05, 0.1) is 12.5 Å². The Balaban J connectivity index is 2.43. The van der Waals surface area contributed by atoms with E-state index in [2.05, 4.69) is 0 Å². The molecule has 2 aromatic carbocycles. The molecule has 0 saturated heterocycles. The Morgan fingerprint density at radius 3 is 2.37 bits per heavy atom. The molecule has 2 aromatic rings. The Kier molecular flexibility index (Phi) is 4.05. The Labute approximate surface area is 115 Å². The topological polar surface area (TPSA) is 9.23 Å². The lowest BCUT2D eigenvalue weighted by Gasteiger charge is -2.13. The number of hydrogen-bond donors (Lipinski definition) is 0. The molecular weight excluding hydrogens is 270 g/mol. The molecule has 0 fully saturated rings. The van der Waals surface area contributed by atoms with E-state index in [1.807, 2.05) is 6.92 Å².